The minimum absolute atomic E-state index is 0.431. The molecule has 0 saturated heterocycles. The molecule has 0 bridgehead atoms. The molecule has 0 radical (unpaired) electrons. The highest BCUT2D eigenvalue weighted by Gasteiger charge is 2.31. The topological polar surface area (TPSA) is 98.5 Å². The van der Waals surface area contributed by atoms with Gasteiger partial charge in [0.05, 0.1) is 21.7 Å². The number of anilines is 1. The van der Waals surface area contributed by atoms with Crippen molar-refractivity contribution in [2.75, 3.05) is 11.9 Å². The van der Waals surface area contributed by atoms with Crippen LogP contribution in [0.4, 0.5) is 28.9 Å². The van der Waals surface area contributed by atoms with Crippen LogP contribution in [0.1, 0.15) is 15.9 Å². The Bertz CT molecular complexity index is 899. The molecule has 27 heavy (non-hydrogen) atoms. The van der Waals surface area contributed by atoms with Crippen LogP contribution in [0.25, 0.3) is 0 Å². The van der Waals surface area contributed by atoms with Crippen LogP contribution in [-0.2, 0) is 15.7 Å². The lowest BCUT2D eigenvalue weighted by atomic mass is 10.1. The number of carbonyl (C=O) groups is 2. The predicted octanol–water partition coefficient (Wildman–Crippen LogP) is 3.55. The van der Waals surface area contributed by atoms with Crippen LogP contribution in [0, 0.1) is 15.9 Å². The molecule has 0 unspecified atom stereocenters. The Morgan fingerprint density at radius 1 is 1.15 bits per heavy atom. The molecule has 0 heterocycles. The lowest BCUT2D eigenvalue weighted by molar-refractivity contribution is -0.384. The number of esters is 1. The Balaban J connectivity index is 2.01. The van der Waals surface area contributed by atoms with Gasteiger partial charge in [-0.3, -0.25) is 14.9 Å². The summed E-state index contributed by atoms with van der Waals surface area (Å²) in [6, 6.07) is 5.80. The third kappa shape index (κ3) is 5.23. The molecule has 0 fully saturated rings. The number of non-ortho nitro benzene ring substituents is 1. The Morgan fingerprint density at radius 3 is 2.48 bits per heavy atom. The Kier molecular flexibility index (Phi) is 5.73. The Hall–Kier alpha value is -3.50. The Labute approximate surface area is 148 Å². The summed E-state index contributed by atoms with van der Waals surface area (Å²) in [5.41, 5.74) is -2.49. The van der Waals surface area contributed by atoms with E-state index in [0.29, 0.717) is 6.07 Å². The van der Waals surface area contributed by atoms with E-state index < -0.39 is 57.9 Å². The number of nitro benzene ring substituents is 1. The highest BCUT2D eigenvalue weighted by Crippen LogP contribution is 2.29. The van der Waals surface area contributed by atoms with Gasteiger partial charge in [-0.15, -0.1) is 0 Å². The number of nitro groups is 1. The zero-order chi connectivity index (χ0) is 20.2. The van der Waals surface area contributed by atoms with Crippen molar-refractivity contribution < 1.29 is 36.8 Å². The van der Waals surface area contributed by atoms with Crippen LogP contribution in [0.5, 0.6) is 0 Å². The molecule has 2 aromatic carbocycles. The summed E-state index contributed by atoms with van der Waals surface area (Å²) in [5.74, 6) is -3.19. The van der Waals surface area contributed by atoms with Gasteiger partial charge in [-0.2, -0.15) is 13.2 Å². The summed E-state index contributed by atoms with van der Waals surface area (Å²) in [5, 5.41) is 12.6. The number of halogens is 4. The molecule has 0 aromatic heterocycles. The van der Waals surface area contributed by atoms with Gasteiger partial charge in [-0.05, 0) is 24.3 Å². The maximum Gasteiger partial charge on any atom is 0.416 e. The molecular formula is C16H10F4N2O5. The maximum atomic E-state index is 13.6. The van der Waals surface area contributed by atoms with Crippen molar-refractivity contribution in [3.63, 3.8) is 0 Å². The Morgan fingerprint density at radius 2 is 1.85 bits per heavy atom. The third-order valence-electron chi connectivity index (χ3n) is 3.19. The number of ether oxygens (including phenoxy) is 1. The van der Waals surface area contributed by atoms with Crippen molar-refractivity contribution >= 4 is 23.3 Å². The van der Waals surface area contributed by atoms with E-state index in [0.717, 1.165) is 36.4 Å². The minimum atomic E-state index is -4.66. The molecule has 0 atom stereocenters. The number of benzene rings is 2. The van der Waals surface area contributed by atoms with Crippen LogP contribution >= 0.6 is 0 Å². The van der Waals surface area contributed by atoms with E-state index in [4.69, 9.17) is 0 Å². The molecule has 0 aliphatic rings. The molecule has 2 rings (SSSR count). The van der Waals surface area contributed by atoms with Crippen LogP contribution in [0.2, 0.25) is 0 Å². The molecule has 11 heteroatoms. The van der Waals surface area contributed by atoms with E-state index in [1.807, 2.05) is 5.32 Å². The zero-order valence-corrected chi connectivity index (χ0v) is 13.2. The number of nitrogens with one attached hydrogen (secondary N) is 1. The highest BCUT2D eigenvalue weighted by molar-refractivity contribution is 5.95. The average molecular weight is 386 g/mol. The smallest absolute Gasteiger partial charge is 0.416 e. The summed E-state index contributed by atoms with van der Waals surface area (Å²) in [4.78, 5) is 33.3. The summed E-state index contributed by atoms with van der Waals surface area (Å²) >= 11 is 0. The van der Waals surface area contributed by atoms with E-state index in [9.17, 15) is 37.3 Å². The average Bonchev–Trinajstić information content (AvgIpc) is 2.60. The van der Waals surface area contributed by atoms with E-state index in [1.165, 1.54) is 0 Å². The summed E-state index contributed by atoms with van der Waals surface area (Å²) in [6.45, 7) is -0.933. The number of hydrogen-bond donors (Lipinski definition) is 1. The summed E-state index contributed by atoms with van der Waals surface area (Å²) in [7, 11) is 0. The number of alkyl halides is 3. The highest BCUT2D eigenvalue weighted by atomic mass is 19.4. The van der Waals surface area contributed by atoms with Gasteiger partial charge in [0.15, 0.2) is 6.61 Å². The molecule has 0 spiro atoms. The summed E-state index contributed by atoms with van der Waals surface area (Å²) in [6.07, 6.45) is -4.66. The molecular weight excluding hydrogens is 376 g/mol. The van der Waals surface area contributed by atoms with Crippen molar-refractivity contribution in [1.29, 1.82) is 0 Å². The fourth-order valence-corrected chi connectivity index (χ4v) is 1.95. The van der Waals surface area contributed by atoms with Crippen LogP contribution in [0.15, 0.2) is 42.5 Å². The van der Waals surface area contributed by atoms with Gasteiger partial charge in [0.25, 0.3) is 11.6 Å². The quantitative estimate of drug-likeness (QED) is 0.367. The first-order valence-corrected chi connectivity index (χ1v) is 7.16. The van der Waals surface area contributed by atoms with Gasteiger partial charge in [-0.25, -0.2) is 9.18 Å². The maximum absolute atomic E-state index is 13.6. The van der Waals surface area contributed by atoms with Crippen LogP contribution in [0.3, 0.4) is 0 Å². The number of hydrogen-bond acceptors (Lipinski definition) is 5. The van der Waals surface area contributed by atoms with Gasteiger partial charge >= 0.3 is 12.1 Å². The molecule has 0 aliphatic carbocycles. The molecule has 142 valence electrons. The predicted molar refractivity (Wildman–Crippen MR) is 83.4 cm³/mol. The SMILES string of the molecule is O=C(COC(=O)c1cccc(C(F)(F)F)c1)Nc1cc([N+](=O)[O-])ccc1F. The van der Waals surface area contributed by atoms with E-state index in [2.05, 4.69) is 4.74 Å². The molecule has 0 saturated carbocycles. The van der Waals surface area contributed by atoms with Crippen molar-refractivity contribution in [3.05, 3.63) is 69.5 Å². The van der Waals surface area contributed by atoms with Gasteiger partial charge < -0.3 is 10.1 Å². The largest absolute Gasteiger partial charge is 0.452 e. The fourth-order valence-electron chi connectivity index (χ4n) is 1.95. The second-order valence-electron chi connectivity index (χ2n) is 5.12. The van der Waals surface area contributed by atoms with Crippen molar-refractivity contribution in [2.24, 2.45) is 0 Å². The van der Waals surface area contributed by atoms with Crippen molar-refractivity contribution in [1.82, 2.24) is 0 Å². The normalized spacial score (nSPS) is 11.0. The van der Waals surface area contributed by atoms with E-state index in [-0.39, 0.29) is 0 Å². The third-order valence-corrected chi connectivity index (χ3v) is 3.19. The second-order valence-corrected chi connectivity index (χ2v) is 5.12. The minimum Gasteiger partial charge on any atom is -0.452 e. The van der Waals surface area contributed by atoms with E-state index in [1.54, 1.807) is 0 Å². The monoisotopic (exact) mass is 386 g/mol. The number of rotatable bonds is 5. The van der Waals surface area contributed by atoms with Gasteiger partial charge in [0, 0.05) is 12.1 Å². The lowest BCUT2D eigenvalue weighted by Crippen LogP contribution is -2.21. The standard InChI is InChI=1S/C16H10F4N2O5/c17-12-5-4-11(22(25)26)7-13(12)21-14(23)8-27-15(24)9-2-1-3-10(6-9)16(18,19)20/h1-7H,8H2,(H,21,23). The van der Waals surface area contributed by atoms with Crippen molar-refractivity contribution in [2.45, 2.75) is 6.18 Å². The molecule has 2 aromatic rings. The molecule has 1 N–H and O–H groups in total. The van der Waals surface area contributed by atoms with Gasteiger partial charge in [0.1, 0.15) is 5.82 Å². The molecule has 0 aliphatic heterocycles. The number of nitrogens with zero attached hydrogens (tertiary/aromatic N) is 1. The lowest BCUT2D eigenvalue weighted by Gasteiger charge is -2.09. The van der Waals surface area contributed by atoms with Crippen LogP contribution < -0.4 is 5.32 Å². The second kappa shape index (κ2) is 7.81. The zero-order valence-electron chi connectivity index (χ0n) is 13.2. The van der Waals surface area contributed by atoms with Crippen molar-refractivity contribution in [3.8, 4) is 0 Å². The van der Waals surface area contributed by atoms with Crippen LogP contribution in [-0.4, -0.2) is 23.4 Å². The van der Waals surface area contributed by atoms with Gasteiger partial charge in [-0.1, -0.05) is 6.07 Å². The number of amides is 1. The first-order valence-electron chi connectivity index (χ1n) is 7.16. The fraction of sp³-hybridized carbons (Fsp3) is 0.125. The number of carbonyl (C=O) groups excluding carboxylic acids is 2. The first kappa shape index (κ1) is 19.8. The molecule has 7 nitrogen and oxygen atoms in total. The first-order chi connectivity index (χ1) is 12.6. The van der Waals surface area contributed by atoms with E-state index >= 15 is 0 Å². The molecule has 1 amide bonds. The van der Waals surface area contributed by atoms with Gasteiger partial charge in [0.2, 0.25) is 0 Å². The summed E-state index contributed by atoms with van der Waals surface area (Å²) < 4.78 is 56.0.